The van der Waals surface area contributed by atoms with Crippen LogP contribution in [0.4, 0.5) is 0 Å². The Balaban J connectivity index is 2.58. The first-order valence-electron chi connectivity index (χ1n) is 5.65. The molecule has 2 N–H and O–H groups in total. The van der Waals surface area contributed by atoms with Gasteiger partial charge in [0.2, 0.25) is 0 Å². The van der Waals surface area contributed by atoms with Crippen molar-refractivity contribution in [1.29, 1.82) is 0 Å². The van der Waals surface area contributed by atoms with Crippen molar-refractivity contribution in [2.24, 2.45) is 5.73 Å². The van der Waals surface area contributed by atoms with Crippen LogP contribution in [0, 0.1) is 0 Å². The second kappa shape index (κ2) is 7.33. The van der Waals surface area contributed by atoms with E-state index in [0.717, 1.165) is 0 Å². The summed E-state index contributed by atoms with van der Waals surface area (Å²) in [5, 5.41) is 2.12. The predicted octanol–water partition coefficient (Wildman–Crippen LogP) is 2.82. The molecule has 0 aliphatic heterocycles. The number of likely N-dealkylation sites (N-methyl/N-ethyl adjacent to an activating group) is 1. The Morgan fingerprint density at radius 3 is 2.81 bits per heavy atom. The van der Waals surface area contributed by atoms with Gasteiger partial charge < -0.3 is 5.73 Å². The van der Waals surface area contributed by atoms with E-state index in [-0.39, 0.29) is 0 Å². The van der Waals surface area contributed by atoms with Gasteiger partial charge in [-0.25, -0.2) is 0 Å². The molecule has 2 nitrogen and oxygen atoms in total. The van der Waals surface area contributed by atoms with Gasteiger partial charge in [0, 0.05) is 17.5 Å². The number of nitrogens with two attached hydrogens (primary N) is 1. The molecule has 0 aliphatic rings. The summed E-state index contributed by atoms with van der Waals surface area (Å²) in [6.07, 6.45) is 3.38. The van der Waals surface area contributed by atoms with Crippen molar-refractivity contribution in [2.45, 2.75) is 25.4 Å². The summed E-state index contributed by atoms with van der Waals surface area (Å²) < 4.78 is 0. The van der Waals surface area contributed by atoms with E-state index in [1.165, 1.54) is 17.1 Å². The lowest BCUT2D eigenvalue weighted by Gasteiger charge is -2.31. The third kappa shape index (κ3) is 3.77. The number of rotatable bonds is 7. The minimum Gasteiger partial charge on any atom is -0.329 e. The van der Waals surface area contributed by atoms with Crippen LogP contribution in [0.3, 0.4) is 0 Å². The lowest BCUT2D eigenvalue weighted by atomic mass is 10.1. The van der Waals surface area contributed by atoms with Gasteiger partial charge in [-0.2, -0.15) is 11.8 Å². The fourth-order valence-corrected chi connectivity index (χ4v) is 3.23. The molecule has 16 heavy (non-hydrogen) atoms. The zero-order valence-electron chi connectivity index (χ0n) is 10.3. The lowest BCUT2D eigenvalue weighted by Crippen LogP contribution is -2.36. The molecule has 92 valence electrons. The van der Waals surface area contributed by atoms with Gasteiger partial charge in [0.1, 0.15) is 0 Å². The van der Waals surface area contributed by atoms with Crippen molar-refractivity contribution in [1.82, 2.24) is 4.90 Å². The van der Waals surface area contributed by atoms with Gasteiger partial charge in [-0.05, 0) is 43.8 Å². The molecule has 0 radical (unpaired) electrons. The summed E-state index contributed by atoms with van der Waals surface area (Å²) >= 11 is 3.71. The van der Waals surface area contributed by atoms with Crippen LogP contribution in [-0.4, -0.2) is 36.5 Å². The Labute approximate surface area is 107 Å². The van der Waals surface area contributed by atoms with Gasteiger partial charge in [0.05, 0.1) is 6.04 Å². The Kier molecular flexibility index (Phi) is 6.43. The van der Waals surface area contributed by atoms with Crippen LogP contribution < -0.4 is 5.73 Å². The van der Waals surface area contributed by atoms with Crippen LogP contribution in [-0.2, 0) is 0 Å². The van der Waals surface area contributed by atoms with Crippen LogP contribution in [0.2, 0.25) is 0 Å². The maximum Gasteiger partial charge on any atom is 0.0564 e. The molecule has 0 bridgehead atoms. The van der Waals surface area contributed by atoms with Crippen LogP contribution in [0.15, 0.2) is 17.5 Å². The molecule has 0 aliphatic carbocycles. The van der Waals surface area contributed by atoms with Gasteiger partial charge in [0.15, 0.2) is 0 Å². The largest absolute Gasteiger partial charge is 0.329 e. The summed E-state index contributed by atoms with van der Waals surface area (Å²) in [5.74, 6) is 1.22. The molecule has 0 saturated carbocycles. The average molecular weight is 258 g/mol. The molecule has 4 heteroatoms. The smallest absolute Gasteiger partial charge is 0.0564 e. The number of nitrogens with zero attached hydrogens (tertiary/aromatic N) is 1. The molecule has 2 atom stereocenters. The number of thioether (sulfide) groups is 1. The Hall–Kier alpha value is -0.0300. The minimum atomic E-state index is 0.372. The highest BCUT2D eigenvalue weighted by Gasteiger charge is 2.20. The average Bonchev–Trinajstić information content (AvgIpc) is 2.80. The van der Waals surface area contributed by atoms with Crippen LogP contribution in [0.5, 0.6) is 0 Å². The summed E-state index contributed by atoms with van der Waals surface area (Å²) in [6, 6.07) is 5.24. The third-order valence-corrected chi connectivity index (χ3v) is 4.64. The molecule has 1 aromatic heterocycles. The quantitative estimate of drug-likeness (QED) is 0.815. The van der Waals surface area contributed by atoms with E-state index in [1.807, 2.05) is 11.8 Å². The summed E-state index contributed by atoms with van der Waals surface area (Å²) in [4.78, 5) is 3.78. The van der Waals surface area contributed by atoms with Crippen molar-refractivity contribution in [3.8, 4) is 0 Å². The summed E-state index contributed by atoms with van der Waals surface area (Å²) in [6.45, 7) is 2.98. The normalized spacial score (nSPS) is 15.3. The van der Waals surface area contributed by atoms with Gasteiger partial charge in [-0.1, -0.05) is 6.07 Å². The molecule has 2 unspecified atom stereocenters. The SMILES string of the molecule is CSCCC(C)N(C)C(CN)c1cccs1. The molecular formula is C12H22N2S2. The standard InChI is InChI=1S/C12H22N2S2/c1-10(6-8-15-3)14(2)11(9-13)12-5-4-7-16-12/h4-5,7,10-11H,6,8-9,13H2,1-3H3. The maximum atomic E-state index is 5.89. The molecule has 0 saturated heterocycles. The van der Waals surface area contributed by atoms with E-state index in [1.54, 1.807) is 11.3 Å². The van der Waals surface area contributed by atoms with Gasteiger partial charge >= 0.3 is 0 Å². The van der Waals surface area contributed by atoms with E-state index in [2.05, 4.69) is 42.6 Å². The van der Waals surface area contributed by atoms with Crippen LogP contribution in [0.1, 0.15) is 24.3 Å². The van der Waals surface area contributed by atoms with Crippen LogP contribution in [0.25, 0.3) is 0 Å². The molecular weight excluding hydrogens is 236 g/mol. The topological polar surface area (TPSA) is 29.3 Å². The Morgan fingerprint density at radius 1 is 1.56 bits per heavy atom. The summed E-state index contributed by atoms with van der Waals surface area (Å²) in [5.41, 5.74) is 5.89. The molecule has 1 rings (SSSR count). The van der Waals surface area contributed by atoms with Gasteiger partial charge in [-0.3, -0.25) is 4.90 Å². The van der Waals surface area contributed by atoms with E-state index < -0.39 is 0 Å². The zero-order valence-corrected chi connectivity index (χ0v) is 12.0. The fourth-order valence-electron chi connectivity index (χ4n) is 1.76. The molecule has 1 heterocycles. The highest BCUT2D eigenvalue weighted by atomic mass is 32.2. The van der Waals surface area contributed by atoms with Crippen molar-refractivity contribution in [3.05, 3.63) is 22.4 Å². The number of thiophene rings is 1. The second-order valence-corrected chi connectivity index (χ2v) is 6.03. The second-order valence-electron chi connectivity index (χ2n) is 4.06. The first-order valence-corrected chi connectivity index (χ1v) is 7.92. The fraction of sp³-hybridized carbons (Fsp3) is 0.667. The predicted molar refractivity (Wildman–Crippen MR) is 76.3 cm³/mol. The number of hydrogen-bond donors (Lipinski definition) is 1. The first kappa shape index (κ1) is 14.0. The maximum absolute atomic E-state index is 5.89. The van der Waals surface area contributed by atoms with Gasteiger partial charge in [0.25, 0.3) is 0 Å². The van der Waals surface area contributed by atoms with Crippen LogP contribution >= 0.6 is 23.1 Å². The van der Waals surface area contributed by atoms with E-state index in [0.29, 0.717) is 18.6 Å². The summed E-state index contributed by atoms with van der Waals surface area (Å²) in [7, 11) is 2.18. The molecule has 0 amide bonds. The highest BCUT2D eigenvalue weighted by Crippen LogP contribution is 2.25. The highest BCUT2D eigenvalue weighted by molar-refractivity contribution is 7.98. The molecule has 0 fully saturated rings. The van der Waals surface area contributed by atoms with E-state index in [4.69, 9.17) is 5.73 Å². The molecule has 0 spiro atoms. The first-order chi connectivity index (χ1) is 7.70. The van der Waals surface area contributed by atoms with Crippen molar-refractivity contribution < 1.29 is 0 Å². The Morgan fingerprint density at radius 2 is 2.31 bits per heavy atom. The Bertz CT molecular complexity index is 275. The number of hydrogen-bond acceptors (Lipinski definition) is 4. The van der Waals surface area contributed by atoms with Crippen molar-refractivity contribution in [3.63, 3.8) is 0 Å². The van der Waals surface area contributed by atoms with E-state index in [9.17, 15) is 0 Å². The van der Waals surface area contributed by atoms with Crippen molar-refractivity contribution in [2.75, 3.05) is 25.6 Å². The third-order valence-electron chi connectivity index (χ3n) is 3.02. The van der Waals surface area contributed by atoms with E-state index >= 15 is 0 Å². The molecule has 0 aromatic carbocycles. The minimum absolute atomic E-state index is 0.372. The molecule has 1 aromatic rings. The zero-order chi connectivity index (χ0) is 12.0. The van der Waals surface area contributed by atoms with Gasteiger partial charge in [-0.15, -0.1) is 11.3 Å². The lowest BCUT2D eigenvalue weighted by molar-refractivity contribution is 0.188. The monoisotopic (exact) mass is 258 g/mol. The van der Waals surface area contributed by atoms with Crippen molar-refractivity contribution >= 4 is 23.1 Å².